The third-order valence-electron chi connectivity index (χ3n) is 1.10. The first-order chi connectivity index (χ1) is 4.20. The van der Waals surface area contributed by atoms with Crippen LogP contribution in [0, 0.1) is 5.82 Å². The molecule has 0 saturated heterocycles. The molecule has 0 aliphatic carbocycles. The highest BCUT2D eigenvalue weighted by Crippen LogP contribution is 2.10. The highest BCUT2D eigenvalue weighted by molar-refractivity contribution is 6.32. The van der Waals surface area contributed by atoms with Crippen LogP contribution in [0.25, 0.3) is 0 Å². The normalized spacial score (nSPS) is 9.44. The van der Waals surface area contributed by atoms with Gasteiger partial charge in [0.1, 0.15) is 7.85 Å². The second-order valence-corrected chi connectivity index (χ2v) is 1.95. The highest BCUT2D eigenvalue weighted by atomic mass is 19.1. The minimum Gasteiger partial charge on any atom is -0.505 e. The summed E-state index contributed by atoms with van der Waals surface area (Å²) >= 11 is 0. The van der Waals surface area contributed by atoms with Gasteiger partial charge in [-0.3, -0.25) is 0 Å². The lowest BCUT2D eigenvalue weighted by Gasteiger charge is -1.93. The number of benzene rings is 1. The van der Waals surface area contributed by atoms with Crippen LogP contribution in [-0.4, -0.2) is 13.0 Å². The van der Waals surface area contributed by atoms with Gasteiger partial charge in [-0.2, -0.15) is 0 Å². The molecule has 0 fully saturated rings. The van der Waals surface area contributed by atoms with Gasteiger partial charge in [0.15, 0.2) is 11.6 Å². The fraction of sp³-hybridized carbons (Fsp3) is 0. The first kappa shape index (κ1) is 6.14. The van der Waals surface area contributed by atoms with Gasteiger partial charge in [0.05, 0.1) is 0 Å². The number of halogens is 1. The van der Waals surface area contributed by atoms with Crippen molar-refractivity contribution < 1.29 is 9.50 Å². The van der Waals surface area contributed by atoms with Crippen LogP contribution in [0.1, 0.15) is 0 Å². The molecule has 0 heterocycles. The van der Waals surface area contributed by atoms with Crippen molar-refractivity contribution in [1.29, 1.82) is 0 Å². The Hall–Kier alpha value is -0.985. The van der Waals surface area contributed by atoms with E-state index >= 15 is 0 Å². The lowest BCUT2D eigenvalue weighted by atomic mass is 9.96. The summed E-state index contributed by atoms with van der Waals surface area (Å²) in [4.78, 5) is 0. The molecule has 0 atom stereocenters. The fourth-order valence-electron chi connectivity index (χ4n) is 0.612. The Morgan fingerprint density at radius 2 is 2.11 bits per heavy atom. The van der Waals surface area contributed by atoms with Gasteiger partial charge in [0.2, 0.25) is 0 Å². The van der Waals surface area contributed by atoms with Crippen LogP contribution in [0.2, 0.25) is 0 Å². The molecule has 46 valence electrons. The number of hydrogen-bond acceptors (Lipinski definition) is 1. The van der Waals surface area contributed by atoms with Crippen LogP contribution >= 0.6 is 0 Å². The van der Waals surface area contributed by atoms with Crippen LogP contribution in [0.4, 0.5) is 4.39 Å². The summed E-state index contributed by atoms with van der Waals surface area (Å²) in [5.41, 5.74) is 0.810. The smallest absolute Gasteiger partial charge is 0.164 e. The van der Waals surface area contributed by atoms with E-state index in [1.165, 1.54) is 12.1 Å². The number of rotatable bonds is 0. The zero-order valence-corrected chi connectivity index (χ0v) is 5.06. The molecule has 1 rings (SSSR count). The number of hydrogen-bond donors (Lipinski definition) is 1. The minimum atomic E-state index is -0.560. The van der Waals surface area contributed by atoms with E-state index < -0.39 is 5.82 Å². The summed E-state index contributed by atoms with van der Waals surface area (Å²) < 4.78 is 12.3. The minimum absolute atomic E-state index is 0.291. The molecule has 0 unspecified atom stereocenters. The fourth-order valence-corrected chi connectivity index (χ4v) is 0.612. The summed E-state index contributed by atoms with van der Waals surface area (Å²) in [5.74, 6) is -0.851. The van der Waals surface area contributed by atoms with Crippen molar-refractivity contribution in [3.8, 4) is 5.75 Å². The molecule has 3 heteroatoms. The zero-order chi connectivity index (χ0) is 6.85. The lowest BCUT2D eigenvalue weighted by Crippen LogP contribution is -2.00. The standard InChI is InChI=1S/C6H6BFO/c7-4-1-2-6(9)5(8)3-4/h1-3,9H,7H2. The SMILES string of the molecule is Bc1ccc(O)c(F)c1. The Morgan fingerprint density at radius 1 is 1.44 bits per heavy atom. The molecule has 1 nitrogen and oxygen atoms in total. The van der Waals surface area contributed by atoms with Crippen molar-refractivity contribution in [2.24, 2.45) is 0 Å². The highest BCUT2D eigenvalue weighted by Gasteiger charge is 1.96. The van der Waals surface area contributed by atoms with Gasteiger partial charge in [-0.15, -0.1) is 0 Å². The molecule has 0 saturated carbocycles. The summed E-state index contributed by atoms with van der Waals surface area (Å²) in [6.45, 7) is 0. The number of phenols is 1. The maximum Gasteiger partial charge on any atom is 0.164 e. The van der Waals surface area contributed by atoms with E-state index in [0.717, 1.165) is 5.46 Å². The van der Waals surface area contributed by atoms with Gasteiger partial charge >= 0.3 is 0 Å². The summed E-state index contributed by atoms with van der Waals surface area (Å²) in [7, 11) is 1.77. The van der Waals surface area contributed by atoms with E-state index in [9.17, 15) is 4.39 Å². The second kappa shape index (κ2) is 2.09. The molecule has 0 aliphatic heterocycles. The molecule has 0 bridgehead atoms. The summed E-state index contributed by atoms with van der Waals surface area (Å²) in [6, 6.07) is 4.28. The molecule has 1 aromatic carbocycles. The predicted octanol–water partition coefficient (Wildman–Crippen LogP) is -0.210. The van der Waals surface area contributed by atoms with Crippen LogP contribution < -0.4 is 5.46 Å². The van der Waals surface area contributed by atoms with Crippen LogP contribution in [0.15, 0.2) is 18.2 Å². The molecule has 0 amide bonds. The first-order valence-electron chi connectivity index (χ1n) is 2.65. The summed E-state index contributed by atoms with van der Waals surface area (Å²) in [5, 5.41) is 8.67. The van der Waals surface area contributed by atoms with E-state index in [1.807, 2.05) is 0 Å². The third kappa shape index (κ3) is 1.22. The molecule has 9 heavy (non-hydrogen) atoms. The molecule has 0 aromatic heterocycles. The molecular formula is C6H6BFO. The van der Waals surface area contributed by atoms with Gasteiger partial charge in [-0.25, -0.2) is 4.39 Å². The van der Waals surface area contributed by atoms with Crippen LogP contribution in [0.5, 0.6) is 5.75 Å². The predicted molar refractivity (Wildman–Crippen MR) is 36.2 cm³/mol. The third-order valence-corrected chi connectivity index (χ3v) is 1.10. The van der Waals surface area contributed by atoms with Crippen molar-refractivity contribution in [3.63, 3.8) is 0 Å². The first-order valence-corrected chi connectivity index (χ1v) is 2.65. The lowest BCUT2D eigenvalue weighted by molar-refractivity contribution is 0.433. The van der Waals surface area contributed by atoms with E-state index in [4.69, 9.17) is 5.11 Å². The van der Waals surface area contributed by atoms with Crippen molar-refractivity contribution >= 4 is 13.3 Å². The topological polar surface area (TPSA) is 20.2 Å². The molecule has 0 radical (unpaired) electrons. The van der Waals surface area contributed by atoms with E-state index in [0.29, 0.717) is 0 Å². The van der Waals surface area contributed by atoms with Crippen LogP contribution in [0.3, 0.4) is 0 Å². The maximum absolute atomic E-state index is 12.3. The van der Waals surface area contributed by atoms with E-state index in [-0.39, 0.29) is 5.75 Å². The van der Waals surface area contributed by atoms with E-state index in [1.54, 1.807) is 13.9 Å². The number of aromatic hydroxyl groups is 1. The molecule has 0 aliphatic rings. The van der Waals surface area contributed by atoms with Crippen molar-refractivity contribution in [1.82, 2.24) is 0 Å². The Morgan fingerprint density at radius 3 is 2.56 bits per heavy atom. The Balaban J connectivity index is 3.17. The monoisotopic (exact) mass is 124 g/mol. The largest absolute Gasteiger partial charge is 0.505 e. The zero-order valence-electron chi connectivity index (χ0n) is 5.06. The Labute approximate surface area is 53.5 Å². The second-order valence-electron chi connectivity index (χ2n) is 1.95. The van der Waals surface area contributed by atoms with Crippen molar-refractivity contribution in [3.05, 3.63) is 24.0 Å². The van der Waals surface area contributed by atoms with E-state index in [2.05, 4.69) is 0 Å². The summed E-state index contributed by atoms with van der Waals surface area (Å²) in [6.07, 6.45) is 0. The van der Waals surface area contributed by atoms with Crippen LogP contribution in [-0.2, 0) is 0 Å². The Kier molecular flexibility index (Phi) is 1.43. The quantitative estimate of drug-likeness (QED) is 0.474. The Bertz CT molecular complexity index is 224. The van der Waals surface area contributed by atoms with Crippen molar-refractivity contribution in [2.45, 2.75) is 0 Å². The molecule has 1 aromatic rings. The molecular weight excluding hydrogens is 118 g/mol. The maximum atomic E-state index is 12.3. The molecule has 1 N–H and O–H groups in total. The van der Waals surface area contributed by atoms with Crippen molar-refractivity contribution in [2.75, 3.05) is 0 Å². The van der Waals surface area contributed by atoms with Gasteiger partial charge < -0.3 is 5.11 Å². The molecule has 0 spiro atoms. The average molecular weight is 124 g/mol. The van der Waals surface area contributed by atoms with Gasteiger partial charge in [-0.1, -0.05) is 11.5 Å². The van der Waals surface area contributed by atoms with Gasteiger partial charge in [0, 0.05) is 0 Å². The average Bonchev–Trinajstić information content (AvgIpc) is 1.80. The van der Waals surface area contributed by atoms with Gasteiger partial charge in [-0.05, 0) is 12.1 Å². The van der Waals surface area contributed by atoms with Gasteiger partial charge in [0.25, 0.3) is 0 Å². The number of phenolic OH excluding ortho intramolecular Hbond substituents is 1.